The third-order valence-electron chi connectivity index (χ3n) is 6.26. The van der Waals surface area contributed by atoms with Gasteiger partial charge in [0, 0.05) is 42.2 Å². The van der Waals surface area contributed by atoms with E-state index in [1.165, 1.54) is 0 Å². The Morgan fingerprint density at radius 3 is 2.73 bits per heavy atom. The maximum absolute atomic E-state index is 12.2. The lowest BCUT2D eigenvalue weighted by Gasteiger charge is -2.07. The van der Waals surface area contributed by atoms with Gasteiger partial charge in [0.25, 0.3) is 0 Å². The minimum absolute atomic E-state index is 0.0140. The molecule has 0 saturated heterocycles. The van der Waals surface area contributed by atoms with Crippen molar-refractivity contribution in [3.63, 3.8) is 0 Å². The first kappa shape index (κ1) is 22.5. The van der Waals surface area contributed by atoms with Crippen LogP contribution in [0, 0.1) is 0 Å². The maximum atomic E-state index is 12.2. The molecule has 0 aliphatic carbocycles. The summed E-state index contributed by atoms with van der Waals surface area (Å²) in [5.74, 6) is -0.0140. The van der Waals surface area contributed by atoms with Crippen molar-refractivity contribution in [2.45, 2.75) is 26.2 Å². The van der Waals surface area contributed by atoms with Gasteiger partial charge >= 0.3 is 0 Å². The van der Waals surface area contributed by atoms with Crippen LogP contribution in [-0.2, 0) is 4.79 Å². The number of anilines is 1. The van der Waals surface area contributed by atoms with Crippen LogP contribution in [-0.4, -0.2) is 41.0 Å². The molecule has 6 rings (SSSR count). The number of aromatic nitrogens is 7. The Bertz CT molecular complexity index is 1720. The van der Waals surface area contributed by atoms with Gasteiger partial charge in [-0.05, 0) is 60.0 Å². The molecule has 9 nitrogen and oxygen atoms in total. The van der Waals surface area contributed by atoms with Crippen molar-refractivity contribution in [3.8, 4) is 33.8 Å². The largest absolute Gasteiger partial charge is 0.338 e. The molecule has 0 aliphatic heterocycles. The number of carbonyl (C=O) groups excluding carboxylic acids is 1. The van der Waals surface area contributed by atoms with Crippen molar-refractivity contribution < 1.29 is 4.79 Å². The number of rotatable bonds is 7. The third-order valence-corrected chi connectivity index (χ3v) is 6.26. The van der Waals surface area contributed by atoms with Gasteiger partial charge in [-0.1, -0.05) is 13.3 Å². The van der Waals surface area contributed by atoms with Crippen LogP contribution in [0.4, 0.5) is 5.69 Å². The fourth-order valence-corrected chi connectivity index (χ4v) is 4.39. The molecule has 0 bridgehead atoms. The number of nitrogens with one attached hydrogen (secondary N) is 3. The van der Waals surface area contributed by atoms with Crippen molar-refractivity contribution in [3.05, 3.63) is 73.4 Å². The van der Waals surface area contributed by atoms with E-state index in [9.17, 15) is 4.79 Å². The fraction of sp³-hybridized carbons (Fsp3) is 0.143. The molecule has 0 atom stereocenters. The average Bonchev–Trinajstić information content (AvgIpc) is 3.56. The van der Waals surface area contributed by atoms with E-state index in [4.69, 9.17) is 4.98 Å². The van der Waals surface area contributed by atoms with Gasteiger partial charge in [0.05, 0.1) is 28.8 Å². The lowest BCUT2D eigenvalue weighted by Crippen LogP contribution is -2.11. The number of hydrogen-bond acceptors (Lipinski definition) is 6. The Morgan fingerprint density at radius 1 is 0.973 bits per heavy atom. The van der Waals surface area contributed by atoms with Crippen LogP contribution in [0.2, 0.25) is 0 Å². The van der Waals surface area contributed by atoms with Gasteiger partial charge in [0.2, 0.25) is 5.91 Å². The summed E-state index contributed by atoms with van der Waals surface area (Å²) in [4.78, 5) is 33.4. The normalized spacial score (nSPS) is 11.3. The van der Waals surface area contributed by atoms with E-state index in [1.54, 1.807) is 31.0 Å². The molecular formula is C28H24N8O. The highest BCUT2D eigenvalue weighted by Crippen LogP contribution is 2.33. The van der Waals surface area contributed by atoms with Gasteiger partial charge in [-0.25, -0.2) is 9.97 Å². The Kier molecular flexibility index (Phi) is 5.86. The van der Waals surface area contributed by atoms with Crippen molar-refractivity contribution in [2.24, 2.45) is 0 Å². The molecule has 0 fully saturated rings. The fourth-order valence-electron chi connectivity index (χ4n) is 4.39. The minimum Gasteiger partial charge on any atom is -0.338 e. The van der Waals surface area contributed by atoms with Crippen LogP contribution >= 0.6 is 0 Å². The van der Waals surface area contributed by atoms with Crippen LogP contribution in [0.3, 0.4) is 0 Å². The van der Waals surface area contributed by atoms with E-state index in [0.717, 1.165) is 63.0 Å². The molecule has 9 heteroatoms. The number of nitrogens with zero attached hydrogens (tertiary/aromatic N) is 5. The summed E-state index contributed by atoms with van der Waals surface area (Å²) in [6.45, 7) is 2.06. The molecule has 6 heterocycles. The predicted molar refractivity (Wildman–Crippen MR) is 144 cm³/mol. The molecule has 0 aliphatic rings. The summed E-state index contributed by atoms with van der Waals surface area (Å²) in [6, 6.07) is 13.8. The van der Waals surface area contributed by atoms with Gasteiger partial charge in [-0.15, -0.1) is 0 Å². The second-order valence-corrected chi connectivity index (χ2v) is 8.82. The van der Waals surface area contributed by atoms with E-state index in [0.29, 0.717) is 17.8 Å². The van der Waals surface area contributed by atoms with E-state index in [1.807, 2.05) is 36.4 Å². The third kappa shape index (κ3) is 4.42. The summed E-state index contributed by atoms with van der Waals surface area (Å²) in [6.07, 6.45) is 11.1. The summed E-state index contributed by atoms with van der Waals surface area (Å²) >= 11 is 0. The summed E-state index contributed by atoms with van der Waals surface area (Å²) in [5.41, 5.74) is 8.15. The van der Waals surface area contributed by atoms with Crippen LogP contribution in [0.1, 0.15) is 26.2 Å². The molecule has 0 unspecified atom stereocenters. The van der Waals surface area contributed by atoms with Crippen molar-refractivity contribution >= 4 is 33.7 Å². The van der Waals surface area contributed by atoms with Crippen molar-refractivity contribution in [1.82, 2.24) is 35.1 Å². The Hall–Kier alpha value is -4.92. The number of hydrogen-bond donors (Lipinski definition) is 3. The quantitative estimate of drug-likeness (QED) is 0.263. The van der Waals surface area contributed by atoms with Crippen LogP contribution in [0.25, 0.3) is 55.8 Å². The van der Waals surface area contributed by atoms with Gasteiger partial charge in [-0.2, -0.15) is 5.10 Å². The lowest BCUT2D eigenvalue weighted by atomic mass is 10.1. The predicted octanol–water partition coefficient (Wildman–Crippen LogP) is 5.75. The molecule has 6 aromatic heterocycles. The smallest absolute Gasteiger partial charge is 0.224 e. The van der Waals surface area contributed by atoms with Crippen molar-refractivity contribution in [1.29, 1.82) is 0 Å². The molecule has 6 aromatic rings. The molecular weight excluding hydrogens is 464 g/mol. The van der Waals surface area contributed by atoms with E-state index < -0.39 is 0 Å². The van der Waals surface area contributed by atoms with E-state index in [2.05, 4.69) is 48.4 Å². The number of fused-ring (bicyclic) bond motifs is 2. The highest BCUT2D eigenvalue weighted by Gasteiger charge is 2.16. The lowest BCUT2D eigenvalue weighted by molar-refractivity contribution is -0.116. The second-order valence-electron chi connectivity index (χ2n) is 8.82. The summed E-state index contributed by atoms with van der Waals surface area (Å²) in [5, 5.41) is 11.6. The Morgan fingerprint density at radius 2 is 1.86 bits per heavy atom. The van der Waals surface area contributed by atoms with Gasteiger partial charge in [0.1, 0.15) is 16.9 Å². The summed E-state index contributed by atoms with van der Waals surface area (Å²) < 4.78 is 0. The molecule has 0 saturated carbocycles. The van der Waals surface area contributed by atoms with Gasteiger partial charge in [0.15, 0.2) is 0 Å². The standard InChI is InChI=1S/C28H24N8O/c1-2-3-4-25(37)32-19-13-18(15-30-16-19)22-5-6-23-26(33-22)27(36-35-23)24-14-21-20(9-12-31-28(21)34-24)17-7-10-29-11-8-17/h5-16H,2-4H2,1H3,(H,31,34)(H,32,37)(H,35,36). The topological polar surface area (TPSA) is 125 Å². The zero-order valence-corrected chi connectivity index (χ0v) is 20.2. The first-order chi connectivity index (χ1) is 18.2. The van der Waals surface area contributed by atoms with Crippen LogP contribution < -0.4 is 5.32 Å². The number of amides is 1. The molecule has 0 radical (unpaired) electrons. The molecule has 37 heavy (non-hydrogen) atoms. The van der Waals surface area contributed by atoms with Gasteiger partial charge in [-0.3, -0.25) is 19.9 Å². The number of aromatic amines is 2. The van der Waals surface area contributed by atoms with E-state index >= 15 is 0 Å². The maximum Gasteiger partial charge on any atom is 0.224 e. The second kappa shape index (κ2) is 9.62. The number of carbonyl (C=O) groups is 1. The molecule has 3 N–H and O–H groups in total. The van der Waals surface area contributed by atoms with Crippen LogP contribution in [0.15, 0.2) is 73.4 Å². The first-order valence-electron chi connectivity index (χ1n) is 12.2. The van der Waals surface area contributed by atoms with E-state index in [-0.39, 0.29) is 5.91 Å². The monoisotopic (exact) mass is 488 g/mol. The Labute approximate surface area is 212 Å². The number of pyridine rings is 4. The Balaban J connectivity index is 1.37. The molecule has 182 valence electrons. The summed E-state index contributed by atoms with van der Waals surface area (Å²) in [7, 11) is 0. The first-order valence-corrected chi connectivity index (χ1v) is 12.2. The molecule has 0 aromatic carbocycles. The average molecular weight is 489 g/mol. The molecule has 0 spiro atoms. The van der Waals surface area contributed by atoms with Gasteiger partial charge < -0.3 is 10.3 Å². The highest BCUT2D eigenvalue weighted by molar-refractivity contribution is 5.99. The zero-order valence-electron chi connectivity index (χ0n) is 20.2. The van der Waals surface area contributed by atoms with Crippen LogP contribution in [0.5, 0.6) is 0 Å². The molecule has 1 amide bonds. The highest BCUT2D eigenvalue weighted by atomic mass is 16.1. The SMILES string of the molecule is CCCCC(=O)Nc1cncc(-c2ccc3[nH]nc(-c4cc5c(-c6ccncc6)ccnc5[nH]4)c3n2)c1. The minimum atomic E-state index is -0.0140. The zero-order chi connectivity index (χ0) is 25.2. The van der Waals surface area contributed by atoms with Crippen molar-refractivity contribution in [2.75, 3.05) is 5.32 Å². The number of unbranched alkanes of at least 4 members (excludes halogenated alkanes) is 1. The number of H-pyrrole nitrogens is 2.